The molecule has 1 unspecified atom stereocenters. The summed E-state index contributed by atoms with van der Waals surface area (Å²) in [5.74, 6) is -1.01. The summed E-state index contributed by atoms with van der Waals surface area (Å²) < 4.78 is 10.9. The van der Waals surface area contributed by atoms with Gasteiger partial charge in [0.15, 0.2) is 0 Å². The number of rotatable bonds is 4. The van der Waals surface area contributed by atoms with Gasteiger partial charge in [0.2, 0.25) is 0 Å². The number of fused-ring (bicyclic) bond motifs is 1. The SMILES string of the molecule is O=C(O)c1c[nH]c2nc(OCC3CCCO3)ncc12. The Kier molecular flexibility index (Phi) is 3.04. The molecule has 100 valence electrons. The number of aromatic nitrogens is 3. The van der Waals surface area contributed by atoms with E-state index in [9.17, 15) is 4.79 Å². The number of carboxylic acids is 1. The molecule has 0 aromatic carbocycles. The smallest absolute Gasteiger partial charge is 0.337 e. The van der Waals surface area contributed by atoms with Crippen LogP contribution < -0.4 is 4.74 Å². The quantitative estimate of drug-likeness (QED) is 0.860. The summed E-state index contributed by atoms with van der Waals surface area (Å²) in [5, 5.41) is 9.43. The molecule has 3 heterocycles. The van der Waals surface area contributed by atoms with Crippen LogP contribution in [0.2, 0.25) is 0 Å². The maximum Gasteiger partial charge on any atom is 0.337 e. The van der Waals surface area contributed by atoms with E-state index in [2.05, 4.69) is 15.0 Å². The summed E-state index contributed by atoms with van der Waals surface area (Å²) in [4.78, 5) is 21.9. The Morgan fingerprint density at radius 3 is 3.26 bits per heavy atom. The van der Waals surface area contributed by atoms with Crippen LogP contribution in [0.15, 0.2) is 12.4 Å². The predicted molar refractivity (Wildman–Crippen MR) is 65.3 cm³/mol. The molecule has 7 nitrogen and oxygen atoms in total. The first-order valence-corrected chi connectivity index (χ1v) is 6.06. The van der Waals surface area contributed by atoms with Gasteiger partial charge in [0.05, 0.1) is 17.1 Å². The van der Waals surface area contributed by atoms with E-state index in [0.717, 1.165) is 19.4 Å². The predicted octanol–water partition coefficient (Wildman–Crippen LogP) is 1.21. The second-order valence-corrected chi connectivity index (χ2v) is 4.37. The topological polar surface area (TPSA) is 97.3 Å². The lowest BCUT2D eigenvalue weighted by molar-refractivity contribution is 0.0646. The van der Waals surface area contributed by atoms with Crippen LogP contribution in [0.5, 0.6) is 6.01 Å². The van der Waals surface area contributed by atoms with Gasteiger partial charge >= 0.3 is 12.0 Å². The Bertz CT molecular complexity index is 604. The molecule has 7 heteroatoms. The van der Waals surface area contributed by atoms with Crippen molar-refractivity contribution >= 4 is 17.0 Å². The lowest BCUT2D eigenvalue weighted by Gasteiger charge is -2.09. The van der Waals surface area contributed by atoms with Gasteiger partial charge in [-0.1, -0.05) is 0 Å². The van der Waals surface area contributed by atoms with E-state index in [1.165, 1.54) is 12.4 Å². The molecule has 1 saturated heterocycles. The van der Waals surface area contributed by atoms with Crippen molar-refractivity contribution in [1.82, 2.24) is 15.0 Å². The van der Waals surface area contributed by atoms with Gasteiger partial charge in [-0.2, -0.15) is 4.98 Å². The third-order valence-electron chi connectivity index (χ3n) is 3.06. The number of carbonyl (C=O) groups is 1. The molecule has 1 atom stereocenters. The van der Waals surface area contributed by atoms with Crippen LogP contribution in [0, 0.1) is 0 Å². The second-order valence-electron chi connectivity index (χ2n) is 4.37. The van der Waals surface area contributed by atoms with E-state index in [1.54, 1.807) is 0 Å². The maximum atomic E-state index is 10.9. The first-order valence-electron chi connectivity index (χ1n) is 6.06. The zero-order chi connectivity index (χ0) is 13.2. The largest absolute Gasteiger partial charge is 0.478 e. The molecule has 2 aromatic rings. The molecule has 0 aliphatic carbocycles. The van der Waals surface area contributed by atoms with Gasteiger partial charge in [-0.15, -0.1) is 0 Å². The Balaban J connectivity index is 1.76. The van der Waals surface area contributed by atoms with Crippen LogP contribution in [0.3, 0.4) is 0 Å². The molecule has 1 fully saturated rings. The minimum absolute atomic E-state index is 0.0949. The molecule has 0 bridgehead atoms. The molecular weight excluding hydrogens is 250 g/mol. The number of hydrogen-bond acceptors (Lipinski definition) is 5. The molecule has 3 rings (SSSR count). The molecule has 0 spiro atoms. The molecule has 2 N–H and O–H groups in total. The molecular formula is C12H13N3O4. The summed E-state index contributed by atoms with van der Waals surface area (Å²) in [6.07, 6.45) is 4.97. The Morgan fingerprint density at radius 1 is 1.63 bits per heavy atom. The molecule has 19 heavy (non-hydrogen) atoms. The number of aromatic carboxylic acids is 1. The number of ether oxygens (including phenoxy) is 2. The van der Waals surface area contributed by atoms with E-state index < -0.39 is 5.97 Å². The third-order valence-corrected chi connectivity index (χ3v) is 3.06. The second kappa shape index (κ2) is 4.85. The van der Waals surface area contributed by atoms with Gasteiger partial charge in [0.25, 0.3) is 0 Å². The van der Waals surface area contributed by atoms with E-state index in [0.29, 0.717) is 17.6 Å². The highest BCUT2D eigenvalue weighted by atomic mass is 16.5. The Hall–Kier alpha value is -2.15. The monoisotopic (exact) mass is 263 g/mol. The lowest BCUT2D eigenvalue weighted by Crippen LogP contribution is -2.17. The summed E-state index contributed by atoms with van der Waals surface area (Å²) in [7, 11) is 0. The van der Waals surface area contributed by atoms with Crippen LogP contribution in [0.25, 0.3) is 11.0 Å². The van der Waals surface area contributed by atoms with Gasteiger partial charge in [0, 0.05) is 19.0 Å². The zero-order valence-corrected chi connectivity index (χ0v) is 10.1. The van der Waals surface area contributed by atoms with Crippen molar-refractivity contribution in [2.45, 2.75) is 18.9 Å². The Morgan fingerprint density at radius 2 is 2.53 bits per heavy atom. The molecule has 2 aromatic heterocycles. The van der Waals surface area contributed by atoms with Crippen LogP contribution in [-0.4, -0.2) is 45.3 Å². The summed E-state index contributed by atoms with van der Waals surface area (Å²) in [6.45, 7) is 1.19. The van der Waals surface area contributed by atoms with Crippen molar-refractivity contribution in [3.05, 3.63) is 18.0 Å². The number of hydrogen-bond donors (Lipinski definition) is 2. The fourth-order valence-corrected chi connectivity index (χ4v) is 2.08. The molecule has 0 amide bonds. The van der Waals surface area contributed by atoms with Crippen LogP contribution in [0.4, 0.5) is 0 Å². The van der Waals surface area contributed by atoms with Crippen molar-refractivity contribution in [3.8, 4) is 6.01 Å². The van der Waals surface area contributed by atoms with Gasteiger partial charge in [-0.05, 0) is 12.8 Å². The number of aromatic amines is 1. The van der Waals surface area contributed by atoms with Crippen molar-refractivity contribution in [1.29, 1.82) is 0 Å². The molecule has 0 radical (unpaired) electrons. The average Bonchev–Trinajstić information content (AvgIpc) is 3.05. The summed E-state index contributed by atoms with van der Waals surface area (Å²) in [5.41, 5.74) is 0.607. The minimum atomic E-state index is -1.01. The van der Waals surface area contributed by atoms with Crippen molar-refractivity contribution < 1.29 is 19.4 Å². The Labute approximate surface area is 108 Å². The number of H-pyrrole nitrogens is 1. The minimum Gasteiger partial charge on any atom is -0.478 e. The average molecular weight is 263 g/mol. The fourth-order valence-electron chi connectivity index (χ4n) is 2.08. The van der Waals surface area contributed by atoms with E-state index >= 15 is 0 Å². The first kappa shape index (κ1) is 11.9. The van der Waals surface area contributed by atoms with Gasteiger partial charge < -0.3 is 19.6 Å². The van der Waals surface area contributed by atoms with Gasteiger partial charge in [-0.3, -0.25) is 0 Å². The van der Waals surface area contributed by atoms with Crippen LogP contribution >= 0.6 is 0 Å². The molecule has 1 aliphatic heterocycles. The van der Waals surface area contributed by atoms with Crippen molar-refractivity contribution in [3.63, 3.8) is 0 Å². The highest BCUT2D eigenvalue weighted by molar-refractivity contribution is 6.01. The lowest BCUT2D eigenvalue weighted by atomic mass is 10.2. The van der Waals surface area contributed by atoms with Gasteiger partial charge in [0.1, 0.15) is 12.3 Å². The molecule has 0 saturated carbocycles. The molecule has 1 aliphatic rings. The van der Waals surface area contributed by atoms with Crippen molar-refractivity contribution in [2.75, 3.05) is 13.2 Å². The van der Waals surface area contributed by atoms with Gasteiger partial charge in [-0.25, -0.2) is 9.78 Å². The van der Waals surface area contributed by atoms with E-state index in [4.69, 9.17) is 14.6 Å². The van der Waals surface area contributed by atoms with E-state index in [-0.39, 0.29) is 17.7 Å². The zero-order valence-electron chi connectivity index (χ0n) is 10.1. The van der Waals surface area contributed by atoms with E-state index in [1.807, 2.05) is 0 Å². The highest BCUT2D eigenvalue weighted by Gasteiger charge is 2.17. The van der Waals surface area contributed by atoms with Crippen LogP contribution in [0.1, 0.15) is 23.2 Å². The number of nitrogens with zero attached hydrogens (tertiary/aromatic N) is 2. The standard InChI is InChI=1S/C12H13N3O4/c16-11(17)9-5-13-10-8(9)4-14-12(15-10)19-6-7-2-1-3-18-7/h4-5,7H,1-3,6H2,(H,16,17)(H,13,14,15). The number of nitrogens with one attached hydrogen (secondary N) is 1. The summed E-state index contributed by atoms with van der Waals surface area (Å²) >= 11 is 0. The van der Waals surface area contributed by atoms with Crippen LogP contribution in [-0.2, 0) is 4.74 Å². The third kappa shape index (κ3) is 2.37. The highest BCUT2D eigenvalue weighted by Crippen LogP contribution is 2.18. The maximum absolute atomic E-state index is 10.9. The number of carboxylic acid groups (broad SMARTS) is 1. The normalized spacial score (nSPS) is 18.8. The summed E-state index contributed by atoms with van der Waals surface area (Å²) in [6, 6.07) is 0.224. The first-order chi connectivity index (χ1) is 9.24. The fraction of sp³-hybridized carbons (Fsp3) is 0.417. The van der Waals surface area contributed by atoms with Crippen molar-refractivity contribution in [2.24, 2.45) is 0 Å².